The highest BCUT2D eigenvalue weighted by molar-refractivity contribution is 7.00. The number of ether oxygens (including phenoxy) is 3. The summed E-state index contributed by atoms with van der Waals surface area (Å²) in [6.45, 7) is 2.12. The molecular weight excluding hydrogens is 368 g/mol. The first-order valence-electron chi connectivity index (χ1n) is 8.47. The van der Waals surface area contributed by atoms with Crippen LogP contribution < -0.4 is 9.47 Å². The van der Waals surface area contributed by atoms with Crippen LogP contribution in [0, 0.1) is 0 Å². The molecule has 0 fully saturated rings. The number of hydrogen-bond donors (Lipinski definition) is 0. The Morgan fingerprint density at radius 3 is 2.78 bits per heavy atom. The van der Waals surface area contributed by atoms with Crippen LogP contribution in [0.3, 0.4) is 0 Å². The molecule has 0 saturated carbocycles. The van der Waals surface area contributed by atoms with Crippen molar-refractivity contribution in [3.63, 3.8) is 0 Å². The van der Waals surface area contributed by atoms with Gasteiger partial charge in [-0.3, -0.25) is 9.59 Å². The highest BCUT2D eigenvalue weighted by Crippen LogP contribution is 2.34. The molecule has 0 bridgehead atoms. The van der Waals surface area contributed by atoms with E-state index in [1.165, 1.54) is 0 Å². The standard InChI is InChI=1S/C19H16N2O5S/c1-2-24-19(23)13(11-3-5-14-15(7-11)21-27-20-14)9-16(22)12-4-6-17-18(8-12)26-10-25-17/h3-8,13H,2,9-10H2,1H3. The molecule has 1 atom stereocenters. The number of carbonyl (C=O) groups excluding carboxylic acids is 2. The van der Waals surface area contributed by atoms with Gasteiger partial charge in [0.05, 0.1) is 24.3 Å². The molecule has 1 aliphatic rings. The maximum atomic E-state index is 12.8. The second kappa shape index (κ2) is 7.32. The third-order valence-corrected chi connectivity index (χ3v) is 4.89. The van der Waals surface area contributed by atoms with Crippen LogP contribution >= 0.6 is 11.7 Å². The molecule has 0 radical (unpaired) electrons. The number of rotatable bonds is 6. The molecule has 1 unspecified atom stereocenters. The Morgan fingerprint density at radius 1 is 1.11 bits per heavy atom. The molecule has 0 saturated heterocycles. The SMILES string of the molecule is CCOC(=O)C(CC(=O)c1ccc2c(c1)OCO2)c1ccc2nsnc2c1. The number of aromatic nitrogens is 2. The predicted molar refractivity (Wildman–Crippen MR) is 98.3 cm³/mol. The summed E-state index contributed by atoms with van der Waals surface area (Å²) in [5.41, 5.74) is 2.60. The highest BCUT2D eigenvalue weighted by Gasteiger charge is 2.27. The first kappa shape index (κ1) is 17.4. The molecule has 4 rings (SSSR count). The number of fused-ring (bicyclic) bond motifs is 2. The first-order valence-corrected chi connectivity index (χ1v) is 9.20. The number of benzene rings is 2. The summed E-state index contributed by atoms with van der Waals surface area (Å²) in [5, 5.41) is 0. The fourth-order valence-electron chi connectivity index (χ4n) is 2.97. The zero-order valence-corrected chi connectivity index (χ0v) is 15.3. The zero-order chi connectivity index (χ0) is 18.8. The van der Waals surface area contributed by atoms with Crippen molar-refractivity contribution in [2.24, 2.45) is 0 Å². The van der Waals surface area contributed by atoms with Gasteiger partial charge in [-0.25, -0.2) is 0 Å². The van der Waals surface area contributed by atoms with Crippen molar-refractivity contribution < 1.29 is 23.8 Å². The fraction of sp³-hybridized carbons (Fsp3) is 0.263. The van der Waals surface area contributed by atoms with Gasteiger partial charge in [-0.15, -0.1) is 0 Å². The molecule has 3 aromatic rings. The average Bonchev–Trinajstić information content (AvgIpc) is 3.33. The van der Waals surface area contributed by atoms with Gasteiger partial charge in [-0.05, 0) is 42.8 Å². The van der Waals surface area contributed by atoms with Crippen molar-refractivity contribution >= 4 is 34.5 Å². The van der Waals surface area contributed by atoms with Crippen LogP contribution in [0.5, 0.6) is 11.5 Å². The number of nitrogens with zero attached hydrogens (tertiary/aromatic N) is 2. The van der Waals surface area contributed by atoms with Crippen LogP contribution in [-0.4, -0.2) is 33.9 Å². The van der Waals surface area contributed by atoms with E-state index < -0.39 is 11.9 Å². The van der Waals surface area contributed by atoms with E-state index in [9.17, 15) is 9.59 Å². The predicted octanol–water partition coefficient (Wildman–Crippen LogP) is 3.34. The van der Waals surface area contributed by atoms with Crippen molar-refractivity contribution in [1.82, 2.24) is 8.75 Å². The van der Waals surface area contributed by atoms with Crippen LogP contribution in [0.4, 0.5) is 0 Å². The topological polar surface area (TPSA) is 87.6 Å². The van der Waals surface area contributed by atoms with Crippen LogP contribution in [0.2, 0.25) is 0 Å². The van der Waals surface area contributed by atoms with Gasteiger partial charge < -0.3 is 14.2 Å². The van der Waals surface area contributed by atoms with Gasteiger partial charge in [0.15, 0.2) is 17.3 Å². The van der Waals surface area contributed by atoms with Crippen molar-refractivity contribution in [2.45, 2.75) is 19.3 Å². The molecule has 0 aliphatic carbocycles. The van der Waals surface area contributed by atoms with Gasteiger partial charge >= 0.3 is 5.97 Å². The van der Waals surface area contributed by atoms with Gasteiger partial charge in [-0.2, -0.15) is 8.75 Å². The average molecular weight is 384 g/mol. The Morgan fingerprint density at radius 2 is 1.93 bits per heavy atom. The van der Waals surface area contributed by atoms with Gasteiger partial charge in [-0.1, -0.05) is 6.07 Å². The number of ketones is 1. The van der Waals surface area contributed by atoms with Crippen LogP contribution in [0.15, 0.2) is 36.4 Å². The normalized spacial score (nSPS) is 13.5. The van der Waals surface area contributed by atoms with E-state index in [-0.39, 0.29) is 25.6 Å². The first-order chi connectivity index (χ1) is 13.2. The number of Topliss-reactive ketones (excluding diaryl/α,β-unsaturated/α-hetero) is 1. The quantitative estimate of drug-likeness (QED) is 0.476. The summed E-state index contributed by atoms with van der Waals surface area (Å²) in [6.07, 6.45) is -0.0124. The third-order valence-electron chi connectivity index (χ3n) is 4.34. The Kier molecular flexibility index (Phi) is 4.72. The molecule has 7 nitrogen and oxygen atoms in total. The summed E-state index contributed by atoms with van der Waals surface area (Å²) in [5.74, 6) is -0.190. The van der Waals surface area contributed by atoms with E-state index in [1.807, 2.05) is 0 Å². The van der Waals surface area contributed by atoms with E-state index >= 15 is 0 Å². The van der Waals surface area contributed by atoms with E-state index in [0.717, 1.165) is 17.2 Å². The van der Waals surface area contributed by atoms with Crippen LogP contribution in [0.25, 0.3) is 11.0 Å². The molecule has 138 valence electrons. The number of hydrogen-bond acceptors (Lipinski definition) is 8. The molecule has 1 aromatic heterocycles. The maximum absolute atomic E-state index is 12.8. The molecule has 0 spiro atoms. The lowest BCUT2D eigenvalue weighted by Crippen LogP contribution is -2.19. The van der Waals surface area contributed by atoms with Crippen molar-refractivity contribution in [3.05, 3.63) is 47.5 Å². The van der Waals surface area contributed by atoms with Gasteiger partial charge in [0.2, 0.25) is 6.79 Å². The molecule has 0 N–H and O–H groups in total. The summed E-state index contributed by atoms with van der Waals surface area (Å²) >= 11 is 1.11. The van der Waals surface area contributed by atoms with Gasteiger partial charge in [0.25, 0.3) is 0 Å². The molecule has 2 aromatic carbocycles. The molecular formula is C19H16N2O5S. The monoisotopic (exact) mass is 384 g/mol. The van der Waals surface area contributed by atoms with Crippen LogP contribution in [0.1, 0.15) is 35.2 Å². The smallest absolute Gasteiger partial charge is 0.313 e. The Hall–Kier alpha value is -3.00. The molecule has 1 aliphatic heterocycles. The minimum Gasteiger partial charge on any atom is -0.466 e. The Bertz CT molecular complexity index is 1020. The van der Waals surface area contributed by atoms with E-state index in [2.05, 4.69) is 8.75 Å². The van der Waals surface area contributed by atoms with E-state index in [1.54, 1.807) is 43.3 Å². The lowest BCUT2D eigenvalue weighted by molar-refractivity contribution is -0.144. The minimum atomic E-state index is -0.714. The second-order valence-corrected chi connectivity index (χ2v) is 6.54. The van der Waals surface area contributed by atoms with Crippen molar-refractivity contribution in [1.29, 1.82) is 0 Å². The molecule has 8 heteroatoms. The zero-order valence-electron chi connectivity index (χ0n) is 14.5. The lowest BCUT2D eigenvalue weighted by atomic mass is 9.91. The number of carbonyl (C=O) groups is 2. The molecule has 27 heavy (non-hydrogen) atoms. The third kappa shape index (κ3) is 3.48. The fourth-order valence-corrected chi connectivity index (χ4v) is 3.49. The molecule has 0 amide bonds. The maximum Gasteiger partial charge on any atom is 0.313 e. The molecule has 2 heterocycles. The Balaban J connectivity index is 1.62. The summed E-state index contributed by atoms with van der Waals surface area (Å²) < 4.78 is 24.2. The summed E-state index contributed by atoms with van der Waals surface area (Å²) in [7, 11) is 0. The lowest BCUT2D eigenvalue weighted by Gasteiger charge is -2.15. The van der Waals surface area contributed by atoms with Crippen molar-refractivity contribution in [3.8, 4) is 11.5 Å². The van der Waals surface area contributed by atoms with Crippen molar-refractivity contribution in [2.75, 3.05) is 13.4 Å². The van der Waals surface area contributed by atoms with Crippen LogP contribution in [-0.2, 0) is 9.53 Å². The second-order valence-electron chi connectivity index (χ2n) is 6.01. The largest absolute Gasteiger partial charge is 0.466 e. The highest BCUT2D eigenvalue weighted by atomic mass is 32.1. The summed E-state index contributed by atoms with van der Waals surface area (Å²) in [4.78, 5) is 25.3. The van der Waals surface area contributed by atoms with Gasteiger partial charge in [0.1, 0.15) is 11.0 Å². The van der Waals surface area contributed by atoms with Gasteiger partial charge in [0, 0.05) is 12.0 Å². The minimum absolute atomic E-state index is 0.0124. The van der Waals surface area contributed by atoms with E-state index in [4.69, 9.17) is 14.2 Å². The summed E-state index contributed by atoms with van der Waals surface area (Å²) in [6, 6.07) is 10.4. The number of esters is 1. The van der Waals surface area contributed by atoms with E-state index in [0.29, 0.717) is 28.1 Å². The Labute approximate surface area is 159 Å².